The summed E-state index contributed by atoms with van der Waals surface area (Å²) in [5.74, 6) is -0.198. The molecule has 12 nitrogen and oxygen atoms in total. The molecule has 5 rings (SSSR count). The predicted molar refractivity (Wildman–Crippen MR) is 118 cm³/mol. The van der Waals surface area contributed by atoms with E-state index in [4.69, 9.17) is 4.74 Å². The maximum atomic E-state index is 13.0. The second kappa shape index (κ2) is 9.42. The number of nitrogens with zero attached hydrogens (tertiary/aromatic N) is 7. The Morgan fingerprint density at radius 2 is 2.27 bits per heavy atom. The zero-order valence-electron chi connectivity index (χ0n) is 17.5. The second-order valence-electron chi connectivity index (χ2n) is 7.56. The fourth-order valence-electron chi connectivity index (χ4n) is 3.60. The Morgan fingerprint density at radius 3 is 3.09 bits per heavy atom. The van der Waals surface area contributed by atoms with Crippen LogP contribution < -0.4 is 10.2 Å². The summed E-state index contributed by atoms with van der Waals surface area (Å²) in [4.78, 5) is 36.2. The number of carbonyl (C=O) groups excluding carboxylic acids is 2. The maximum absolute atomic E-state index is 13.0. The van der Waals surface area contributed by atoms with Gasteiger partial charge in [-0.25, -0.2) is 9.97 Å². The smallest absolute Gasteiger partial charge is 0.263 e. The molecule has 33 heavy (non-hydrogen) atoms. The minimum Gasteiger partial charge on any atom is -0.376 e. The van der Waals surface area contributed by atoms with Crippen LogP contribution in [0.1, 0.15) is 33.9 Å². The van der Waals surface area contributed by atoms with E-state index < -0.39 is 0 Å². The molecule has 170 valence electrons. The monoisotopic (exact) mass is 467 g/mol. The molecule has 0 radical (unpaired) electrons. The number of anilines is 1. The van der Waals surface area contributed by atoms with Gasteiger partial charge in [-0.3, -0.25) is 14.5 Å². The Kier molecular flexibility index (Phi) is 6.04. The standard InChI is InChI=1S/C20H21N9O3S/c30-18(8-16-24-26-27-25-16)29(12-14-2-1-7-32-14)20-23-10-15(33-20)19(31)22-9-13-3-4-17-21-5-6-28(17)11-13/h3-6,10-11,14H,1-2,7-9,12H2,(H,22,31)(H,24,25,26,27). The molecule has 2 amide bonds. The van der Waals surface area contributed by atoms with Crippen LogP contribution in [0, 0.1) is 0 Å². The van der Waals surface area contributed by atoms with Crippen LogP contribution in [-0.2, 0) is 22.5 Å². The van der Waals surface area contributed by atoms with E-state index in [0.717, 1.165) is 35.4 Å². The van der Waals surface area contributed by atoms with Crippen LogP contribution in [0.2, 0.25) is 0 Å². The van der Waals surface area contributed by atoms with Gasteiger partial charge in [-0.15, -0.1) is 10.2 Å². The summed E-state index contributed by atoms with van der Waals surface area (Å²) in [7, 11) is 0. The molecule has 0 spiro atoms. The average molecular weight is 468 g/mol. The first kappa shape index (κ1) is 21.2. The maximum Gasteiger partial charge on any atom is 0.263 e. The highest BCUT2D eigenvalue weighted by molar-refractivity contribution is 7.17. The summed E-state index contributed by atoms with van der Waals surface area (Å²) in [6.07, 6.45) is 8.70. The number of thiazole rings is 1. The number of carbonyl (C=O) groups is 2. The lowest BCUT2D eigenvalue weighted by atomic mass is 10.2. The van der Waals surface area contributed by atoms with Crippen LogP contribution in [0.5, 0.6) is 0 Å². The quantitative estimate of drug-likeness (QED) is 0.390. The highest BCUT2D eigenvalue weighted by Crippen LogP contribution is 2.25. The van der Waals surface area contributed by atoms with E-state index in [1.807, 2.05) is 28.9 Å². The number of aromatic amines is 1. The van der Waals surface area contributed by atoms with E-state index in [1.165, 1.54) is 6.20 Å². The zero-order chi connectivity index (χ0) is 22.6. The number of ether oxygens (including phenoxy) is 1. The van der Waals surface area contributed by atoms with Gasteiger partial charge in [0.05, 0.1) is 25.3 Å². The Labute approximate surface area is 192 Å². The first-order valence-corrected chi connectivity index (χ1v) is 11.3. The van der Waals surface area contributed by atoms with Gasteiger partial charge in [0.15, 0.2) is 11.0 Å². The van der Waals surface area contributed by atoms with Gasteiger partial charge in [-0.1, -0.05) is 22.6 Å². The summed E-state index contributed by atoms with van der Waals surface area (Å²) in [6, 6.07) is 3.81. The molecule has 1 fully saturated rings. The molecule has 4 aromatic heterocycles. The fraction of sp³-hybridized carbons (Fsp3) is 0.350. The van der Waals surface area contributed by atoms with Crippen LogP contribution in [0.4, 0.5) is 5.13 Å². The van der Waals surface area contributed by atoms with E-state index in [2.05, 4.69) is 35.9 Å². The number of pyridine rings is 1. The number of amides is 2. The molecule has 1 atom stereocenters. The molecule has 1 aliphatic heterocycles. The van der Waals surface area contributed by atoms with Gasteiger partial charge >= 0.3 is 0 Å². The Morgan fingerprint density at radius 1 is 1.33 bits per heavy atom. The molecule has 13 heteroatoms. The van der Waals surface area contributed by atoms with Gasteiger partial charge in [0, 0.05) is 31.7 Å². The third-order valence-electron chi connectivity index (χ3n) is 5.26. The molecule has 0 bridgehead atoms. The SMILES string of the molecule is O=C(NCc1ccc2nccn2c1)c1cnc(N(CC2CCCO2)C(=O)Cc2nn[nH]n2)s1. The van der Waals surface area contributed by atoms with Crippen LogP contribution in [-0.4, -0.2) is 66.1 Å². The second-order valence-corrected chi connectivity index (χ2v) is 8.57. The van der Waals surface area contributed by atoms with Crippen LogP contribution in [0.3, 0.4) is 0 Å². The van der Waals surface area contributed by atoms with Crippen molar-refractivity contribution < 1.29 is 14.3 Å². The summed E-state index contributed by atoms with van der Waals surface area (Å²) in [6.45, 7) is 1.39. The average Bonchev–Trinajstić information content (AvgIpc) is 3.62. The lowest BCUT2D eigenvalue weighted by Crippen LogP contribution is -2.38. The van der Waals surface area contributed by atoms with Crippen molar-refractivity contribution in [3.05, 3.63) is 53.2 Å². The van der Waals surface area contributed by atoms with Crippen molar-refractivity contribution in [1.29, 1.82) is 0 Å². The molecule has 0 saturated carbocycles. The van der Waals surface area contributed by atoms with Crippen LogP contribution in [0.25, 0.3) is 5.65 Å². The molecular formula is C20H21N9O3S. The van der Waals surface area contributed by atoms with Crippen molar-refractivity contribution in [2.75, 3.05) is 18.1 Å². The number of hydrogen-bond donors (Lipinski definition) is 2. The highest BCUT2D eigenvalue weighted by atomic mass is 32.1. The molecule has 1 aliphatic rings. The van der Waals surface area contributed by atoms with Gasteiger partial charge in [0.25, 0.3) is 5.91 Å². The predicted octanol–water partition coefficient (Wildman–Crippen LogP) is 0.989. The highest BCUT2D eigenvalue weighted by Gasteiger charge is 2.27. The summed E-state index contributed by atoms with van der Waals surface area (Å²) in [5.41, 5.74) is 1.78. The number of rotatable bonds is 8. The lowest BCUT2D eigenvalue weighted by Gasteiger charge is -2.22. The van der Waals surface area contributed by atoms with Gasteiger partial charge in [-0.05, 0) is 24.5 Å². The van der Waals surface area contributed by atoms with E-state index in [-0.39, 0.29) is 24.3 Å². The third kappa shape index (κ3) is 4.88. The first-order valence-electron chi connectivity index (χ1n) is 10.5. The molecule has 0 aliphatic carbocycles. The first-order chi connectivity index (χ1) is 16.2. The van der Waals surface area contributed by atoms with Crippen LogP contribution >= 0.6 is 11.3 Å². The largest absolute Gasteiger partial charge is 0.376 e. The molecule has 2 N–H and O–H groups in total. The van der Waals surface area contributed by atoms with E-state index in [9.17, 15) is 9.59 Å². The number of tetrazole rings is 1. The Bertz CT molecular complexity index is 1250. The topological polar surface area (TPSA) is 143 Å². The normalized spacial score (nSPS) is 15.7. The molecule has 1 saturated heterocycles. The number of imidazole rings is 1. The molecule has 4 aromatic rings. The number of nitrogens with one attached hydrogen (secondary N) is 2. The van der Waals surface area contributed by atoms with Crippen molar-refractivity contribution in [1.82, 2.24) is 40.3 Å². The third-order valence-corrected chi connectivity index (χ3v) is 6.28. The van der Waals surface area contributed by atoms with Gasteiger partial charge in [0.1, 0.15) is 10.5 Å². The Hall–Kier alpha value is -3.71. The van der Waals surface area contributed by atoms with Crippen molar-refractivity contribution in [3.8, 4) is 0 Å². The van der Waals surface area contributed by atoms with Crippen molar-refractivity contribution in [3.63, 3.8) is 0 Å². The van der Waals surface area contributed by atoms with E-state index in [0.29, 0.717) is 35.5 Å². The van der Waals surface area contributed by atoms with E-state index in [1.54, 1.807) is 11.1 Å². The van der Waals surface area contributed by atoms with Crippen molar-refractivity contribution >= 4 is 33.9 Å². The molecule has 1 unspecified atom stereocenters. The molecular weight excluding hydrogens is 446 g/mol. The number of hydrogen-bond acceptors (Lipinski definition) is 9. The fourth-order valence-corrected chi connectivity index (χ4v) is 4.46. The summed E-state index contributed by atoms with van der Waals surface area (Å²) >= 11 is 1.16. The van der Waals surface area contributed by atoms with Crippen molar-refractivity contribution in [2.45, 2.75) is 31.9 Å². The minimum absolute atomic E-state index is 0.0267. The van der Waals surface area contributed by atoms with Gasteiger partial charge < -0.3 is 14.5 Å². The van der Waals surface area contributed by atoms with Gasteiger partial charge in [-0.2, -0.15) is 5.21 Å². The number of aromatic nitrogens is 7. The van der Waals surface area contributed by atoms with Crippen LogP contribution in [0.15, 0.2) is 36.9 Å². The van der Waals surface area contributed by atoms with E-state index >= 15 is 0 Å². The summed E-state index contributed by atoms with van der Waals surface area (Å²) in [5, 5.41) is 16.9. The Balaban J connectivity index is 1.27. The number of H-pyrrole nitrogens is 1. The number of fused-ring (bicyclic) bond motifs is 1. The molecule has 0 aromatic carbocycles. The zero-order valence-corrected chi connectivity index (χ0v) is 18.4. The minimum atomic E-state index is -0.257. The summed E-state index contributed by atoms with van der Waals surface area (Å²) < 4.78 is 7.60. The lowest BCUT2D eigenvalue weighted by molar-refractivity contribution is -0.118. The van der Waals surface area contributed by atoms with Gasteiger partial charge in [0.2, 0.25) is 5.91 Å². The van der Waals surface area contributed by atoms with Crippen molar-refractivity contribution in [2.24, 2.45) is 0 Å². The molecule has 5 heterocycles.